The number of aliphatic hydroxyl groups excluding tert-OH is 1. The molecule has 0 radical (unpaired) electrons. The van der Waals surface area contributed by atoms with Gasteiger partial charge >= 0.3 is 6.03 Å². The second-order valence-corrected chi connectivity index (χ2v) is 3.56. The molecule has 1 aliphatic heterocycles. The van der Waals surface area contributed by atoms with Crippen molar-refractivity contribution < 1.29 is 9.90 Å². The Morgan fingerprint density at radius 1 is 1.50 bits per heavy atom. The fourth-order valence-electron chi connectivity index (χ4n) is 1.81. The fraction of sp³-hybridized carbons (Fsp3) is 0.875. The Morgan fingerprint density at radius 3 is 2.83 bits per heavy atom. The highest BCUT2D eigenvalue weighted by molar-refractivity contribution is 5.75. The molecule has 2 N–H and O–H groups in total. The van der Waals surface area contributed by atoms with Crippen LogP contribution in [0.3, 0.4) is 0 Å². The molecule has 1 heterocycles. The number of nitrogens with one attached hydrogen (secondary N) is 1. The van der Waals surface area contributed by atoms with Crippen LogP contribution in [0, 0.1) is 0 Å². The van der Waals surface area contributed by atoms with E-state index in [0.29, 0.717) is 6.04 Å². The van der Waals surface area contributed by atoms with E-state index in [4.69, 9.17) is 5.11 Å². The Kier molecular flexibility index (Phi) is 1.92. The van der Waals surface area contributed by atoms with Gasteiger partial charge in [0.2, 0.25) is 0 Å². The van der Waals surface area contributed by atoms with E-state index in [1.807, 2.05) is 4.90 Å². The van der Waals surface area contributed by atoms with Crippen molar-refractivity contribution in [2.24, 2.45) is 0 Å². The molecule has 2 amide bonds. The van der Waals surface area contributed by atoms with Crippen LogP contribution in [0.15, 0.2) is 0 Å². The van der Waals surface area contributed by atoms with Crippen LogP contribution in [0.4, 0.5) is 4.79 Å². The Labute approximate surface area is 71.5 Å². The van der Waals surface area contributed by atoms with Gasteiger partial charge in [0.15, 0.2) is 0 Å². The monoisotopic (exact) mass is 170 g/mol. The highest BCUT2D eigenvalue weighted by Crippen LogP contribution is 2.26. The summed E-state index contributed by atoms with van der Waals surface area (Å²) in [4.78, 5) is 13.1. The molecular weight excluding hydrogens is 156 g/mol. The average Bonchev–Trinajstić information content (AvgIpc) is 2.01. The molecule has 0 bridgehead atoms. The Bertz CT molecular complexity index is 189. The molecule has 0 aromatic heterocycles. The first-order valence-corrected chi connectivity index (χ1v) is 4.50. The summed E-state index contributed by atoms with van der Waals surface area (Å²) in [7, 11) is 0. The number of hydrogen-bond acceptors (Lipinski definition) is 2. The van der Waals surface area contributed by atoms with E-state index in [9.17, 15) is 4.79 Å². The predicted octanol–water partition coefficient (Wildman–Crippen LogP) is -0.0750. The highest BCUT2D eigenvalue weighted by atomic mass is 16.3. The number of rotatable bonds is 1. The molecule has 0 unspecified atom stereocenters. The van der Waals surface area contributed by atoms with Crippen molar-refractivity contribution in [3.63, 3.8) is 0 Å². The highest BCUT2D eigenvalue weighted by Gasteiger charge is 2.35. The molecule has 4 heteroatoms. The summed E-state index contributed by atoms with van der Waals surface area (Å²) in [6, 6.07) is 0.332. The molecular formula is C8H14N2O2. The number of amides is 2. The summed E-state index contributed by atoms with van der Waals surface area (Å²) in [5.41, 5.74) is 0. The molecule has 0 spiro atoms. The molecule has 2 aliphatic rings. The SMILES string of the molecule is O=C1NCCCN1C1CC(O)C1. The standard InChI is InChI=1S/C8H14N2O2/c11-7-4-6(5-7)10-3-1-2-9-8(10)12/h6-7,11H,1-5H2,(H,9,12). The van der Waals surface area contributed by atoms with Crippen LogP contribution >= 0.6 is 0 Å². The molecule has 4 nitrogen and oxygen atoms in total. The van der Waals surface area contributed by atoms with Crippen LogP contribution in [0.25, 0.3) is 0 Å². The number of carbonyl (C=O) groups is 1. The van der Waals surface area contributed by atoms with Gasteiger partial charge in [0.25, 0.3) is 0 Å². The van der Waals surface area contributed by atoms with E-state index in [2.05, 4.69) is 5.32 Å². The van der Waals surface area contributed by atoms with Crippen molar-refractivity contribution in [1.82, 2.24) is 10.2 Å². The van der Waals surface area contributed by atoms with Crippen LogP contribution in [0.1, 0.15) is 19.3 Å². The van der Waals surface area contributed by atoms with Gasteiger partial charge in [-0.15, -0.1) is 0 Å². The van der Waals surface area contributed by atoms with Crippen molar-refractivity contribution in [3.05, 3.63) is 0 Å². The molecule has 68 valence electrons. The topological polar surface area (TPSA) is 52.6 Å². The quantitative estimate of drug-likeness (QED) is 0.578. The number of hydrogen-bond donors (Lipinski definition) is 2. The lowest BCUT2D eigenvalue weighted by Crippen LogP contribution is -2.56. The second-order valence-electron chi connectivity index (χ2n) is 3.56. The number of aliphatic hydroxyl groups is 1. The maximum absolute atomic E-state index is 11.3. The average molecular weight is 170 g/mol. The summed E-state index contributed by atoms with van der Waals surface area (Å²) in [5, 5.41) is 11.9. The van der Waals surface area contributed by atoms with Crippen molar-refractivity contribution in [2.75, 3.05) is 13.1 Å². The van der Waals surface area contributed by atoms with Crippen LogP contribution < -0.4 is 5.32 Å². The van der Waals surface area contributed by atoms with Crippen molar-refractivity contribution >= 4 is 6.03 Å². The van der Waals surface area contributed by atoms with E-state index in [0.717, 1.165) is 32.4 Å². The molecule has 0 atom stereocenters. The third kappa shape index (κ3) is 1.27. The first-order chi connectivity index (χ1) is 5.77. The van der Waals surface area contributed by atoms with E-state index in [-0.39, 0.29) is 12.1 Å². The summed E-state index contributed by atoms with van der Waals surface area (Å²) in [5.74, 6) is 0. The Hall–Kier alpha value is -0.770. The van der Waals surface area contributed by atoms with Gasteiger partial charge in [0.05, 0.1) is 6.10 Å². The van der Waals surface area contributed by atoms with Gasteiger partial charge in [0, 0.05) is 19.1 Å². The number of nitrogens with zero attached hydrogens (tertiary/aromatic N) is 1. The smallest absolute Gasteiger partial charge is 0.317 e. The Morgan fingerprint density at radius 2 is 2.25 bits per heavy atom. The molecule has 1 aliphatic carbocycles. The van der Waals surface area contributed by atoms with Gasteiger partial charge in [-0.3, -0.25) is 0 Å². The molecule has 0 aromatic carbocycles. The summed E-state index contributed by atoms with van der Waals surface area (Å²) in [6.07, 6.45) is 2.36. The summed E-state index contributed by atoms with van der Waals surface area (Å²) < 4.78 is 0. The van der Waals surface area contributed by atoms with Crippen LogP contribution in [-0.2, 0) is 0 Å². The van der Waals surface area contributed by atoms with Gasteiger partial charge in [0.1, 0.15) is 0 Å². The lowest BCUT2D eigenvalue weighted by atomic mass is 9.88. The van der Waals surface area contributed by atoms with Crippen molar-refractivity contribution in [2.45, 2.75) is 31.4 Å². The third-order valence-corrected chi connectivity index (χ3v) is 2.64. The second kappa shape index (κ2) is 2.94. The van der Waals surface area contributed by atoms with Gasteiger partial charge in [-0.05, 0) is 19.3 Å². The minimum atomic E-state index is -0.176. The Balaban J connectivity index is 1.89. The summed E-state index contributed by atoms with van der Waals surface area (Å²) >= 11 is 0. The van der Waals surface area contributed by atoms with Crippen molar-refractivity contribution in [3.8, 4) is 0 Å². The number of carbonyl (C=O) groups excluding carboxylic acids is 1. The van der Waals surface area contributed by atoms with E-state index >= 15 is 0 Å². The number of urea groups is 1. The van der Waals surface area contributed by atoms with Crippen LogP contribution in [0.2, 0.25) is 0 Å². The van der Waals surface area contributed by atoms with Gasteiger partial charge in [-0.1, -0.05) is 0 Å². The summed E-state index contributed by atoms with van der Waals surface area (Å²) in [6.45, 7) is 1.65. The molecule has 1 saturated carbocycles. The lowest BCUT2D eigenvalue weighted by Gasteiger charge is -2.42. The van der Waals surface area contributed by atoms with Crippen LogP contribution in [0.5, 0.6) is 0 Å². The molecule has 2 fully saturated rings. The van der Waals surface area contributed by atoms with E-state index in [1.165, 1.54) is 0 Å². The van der Waals surface area contributed by atoms with Gasteiger partial charge in [-0.25, -0.2) is 4.79 Å². The lowest BCUT2D eigenvalue weighted by molar-refractivity contribution is 0.0140. The first kappa shape index (κ1) is 7.86. The van der Waals surface area contributed by atoms with Crippen LogP contribution in [-0.4, -0.2) is 41.3 Å². The normalized spacial score (nSPS) is 35.8. The third-order valence-electron chi connectivity index (χ3n) is 2.64. The van der Waals surface area contributed by atoms with Gasteiger partial charge < -0.3 is 15.3 Å². The van der Waals surface area contributed by atoms with Crippen molar-refractivity contribution in [1.29, 1.82) is 0 Å². The molecule has 1 saturated heterocycles. The van der Waals surface area contributed by atoms with Gasteiger partial charge in [-0.2, -0.15) is 0 Å². The predicted molar refractivity (Wildman–Crippen MR) is 43.8 cm³/mol. The molecule has 0 aromatic rings. The maximum Gasteiger partial charge on any atom is 0.317 e. The van der Waals surface area contributed by atoms with E-state index in [1.54, 1.807) is 0 Å². The first-order valence-electron chi connectivity index (χ1n) is 4.50. The van der Waals surface area contributed by atoms with E-state index < -0.39 is 0 Å². The minimum Gasteiger partial charge on any atom is -0.393 e. The minimum absolute atomic E-state index is 0.0400. The fourth-order valence-corrected chi connectivity index (χ4v) is 1.81. The zero-order valence-electron chi connectivity index (χ0n) is 6.99. The molecule has 2 rings (SSSR count). The zero-order chi connectivity index (χ0) is 8.55. The maximum atomic E-state index is 11.3. The largest absolute Gasteiger partial charge is 0.393 e. The zero-order valence-corrected chi connectivity index (χ0v) is 6.99. The molecule has 12 heavy (non-hydrogen) atoms.